The van der Waals surface area contributed by atoms with Crippen LogP contribution < -0.4 is 5.73 Å². The zero-order valence-corrected chi connectivity index (χ0v) is 10.6. The first-order valence-electron chi connectivity index (χ1n) is 6.06. The summed E-state index contributed by atoms with van der Waals surface area (Å²) in [6, 6.07) is 12.0. The van der Waals surface area contributed by atoms with Crippen LogP contribution in [-0.4, -0.2) is 27.3 Å². The highest BCUT2D eigenvalue weighted by Crippen LogP contribution is 2.33. The topological polar surface area (TPSA) is 104 Å². The van der Waals surface area contributed by atoms with E-state index >= 15 is 0 Å². The fraction of sp³-hybridized carbons (Fsp3) is 0.133. The SMILES string of the molecule is N[C@H](C(=O)O)C(c1ccccc1)c1ccc(O)c(O)c1. The first-order chi connectivity index (χ1) is 9.50. The molecule has 0 heterocycles. The molecular weight excluding hydrogens is 258 g/mol. The second-order valence-electron chi connectivity index (χ2n) is 4.50. The summed E-state index contributed by atoms with van der Waals surface area (Å²) in [4.78, 5) is 11.2. The highest BCUT2D eigenvalue weighted by Gasteiger charge is 2.27. The van der Waals surface area contributed by atoms with Crippen LogP contribution >= 0.6 is 0 Å². The Hall–Kier alpha value is -2.53. The Morgan fingerprint density at radius 3 is 2.15 bits per heavy atom. The molecule has 0 saturated heterocycles. The van der Waals surface area contributed by atoms with Crippen molar-refractivity contribution < 1.29 is 20.1 Å². The highest BCUT2D eigenvalue weighted by atomic mass is 16.4. The maximum Gasteiger partial charge on any atom is 0.321 e. The van der Waals surface area contributed by atoms with Crippen molar-refractivity contribution >= 4 is 5.97 Å². The number of phenolic OH excluding ortho intramolecular Hbond substituents is 2. The number of aliphatic carboxylic acids is 1. The van der Waals surface area contributed by atoms with Gasteiger partial charge in [-0.05, 0) is 23.3 Å². The first kappa shape index (κ1) is 13.9. The molecule has 0 fully saturated rings. The summed E-state index contributed by atoms with van der Waals surface area (Å²) in [5, 5.41) is 28.1. The van der Waals surface area contributed by atoms with E-state index in [0.717, 1.165) is 5.56 Å². The largest absolute Gasteiger partial charge is 0.504 e. The van der Waals surface area contributed by atoms with Crippen LogP contribution in [-0.2, 0) is 4.79 Å². The average Bonchev–Trinajstić information content (AvgIpc) is 2.44. The summed E-state index contributed by atoms with van der Waals surface area (Å²) in [5.41, 5.74) is 7.03. The fourth-order valence-electron chi connectivity index (χ4n) is 2.14. The zero-order chi connectivity index (χ0) is 14.7. The molecule has 0 spiro atoms. The zero-order valence-electron chi connectivity index (χ0n) is 10.6. The second-order valence-corrected chi connectivity index (χ2v) is 4.50. The molecule has 0 bridgehead atoms. The van der Waals surface area contributed by atoms with Crippen LogP contribution in [0.25, 0.3) is 0 Å². The third-order valence-corrected chi connectivity index (χ3v) is 3.16. The highest BCUT2D eigenvalue weighted by molar-refractivity contribution is 5.75. The molecule has 2 aromatic rings. The van der Waals surface area contributed by atoms with Crippen LogP contribution in [0.15, 0.2) is 48.5 Å². The number of hydrogen-bond donors (Lipinski definition) is 4. The van der Waals surface area contributed by atoms with E-state index in [2.05, 4.69) is 0 Å². The lowest BCUT2D eigenvalue weighted by atomic mass is 9.85. The lowest BCUT2D eigenvalue weighted by molar-refractivity contribution is -0.138. The minimum absolute atomic E-state index is 0.260. The van der Waals surface area contributed by atoms with Crippen molar-refractivity contribution in [2.75, 3.05) is 0 Å². The number of hydrogen-bond acceptors (Lipinski definition) is 4. The monoisotopic (exact) mass is 273 g/mol. The first-order valence-corrected chi connectivity index (χ1v) is 6.06. The van der Waals surface area contributed by atoms with E-state index < -0.39 is 17.9 Å². The Morgan fingerprint density at radius 2 is 1.60 bits per heavy atom. The van der Waals surface area contributed by atoms with Gasteiger partial charge >= 0.3 is 5.97 Å². The molecule has 20 heavy (non-hydrogen) atoms. The molecule has 0 amide bonds. The summed E-state index contributed by atoms with van der Waals surface area (Å²) in [6.07, 6.45) is 0. The molecule has 5 N–H and O–H groups in total. The van der Waals surface area contributed by atoms with E-state index in [1.165, 1.54) is 12.1 Å². The van der Waals surface area contributed by atoms with Crippen molar-refractivity contribution in [2.24, 2.45) is 5.73 Å². The standard InChI is InChI=1S/C15H15NO4/c16-14(15(19)20)13(9-4-2-1-3-5-9)10-6-7-11(17)12(18)8-10/h1-8,13-14,17-18H,16H2,(H,19,20)/t13?,14-/m0/s1. The van der Waals surface area contributed by atoms with E-state index in [9.17, 15) is 15.0 Å². The van der Waals surface area contributed by atoms with Crippen LogP contribution in [0.3, 0.4) is 0 Å². The van der Waals surface area contributed by atoms with Gasteiger partial charge in [-0.1, -0.05) is 36.4 Å². The molecule has 1 unspecified atom stereocenters. The predicted octanol–water partition coefficient (Wildman–Crippen LogP) is 1.64. The van der Waals surface area contributed by atoms with Gasteiger partial charge in [0.15, 0.2) is 11.5 Å². The van der Waals surface area contributed by atoms with Crippen molar-refractivity contribution in [3.8, 4) is 11.5 Å². The minimum Gasteiger partial charge on any atom is -0.504 e. The van der Waals surface area contributed by atoms with E-state index in [1.54, 1.807) is 30.3 Å². The molecule has 2 rings (SSSR count). The molecule has 0 aliphatic rings. The second kappa shape index (κ2) is 5.63. The summed E-state index contributed by atoms with van der Waals surface area (Å²) in [5.74, 6) is -2.31. The van der Waals surface area contributed by atoms with Gasteiger partial charge in [0.2, 0.25) is 0 Å². The molecule has 2 aromatic carbocycles. The molecule has 104 valence electrons. The van der Waals surface area contributed by atoms with Crippen molar-refractivity contribution in [3.05, 3.63) is 59.7 Å². The third kappa shape index (κ3) is 2.73. The Bertz CT molecular complexity index is 613. The number of phenols is 2. The van der Waals surface area contributed by atoms with Gasteiger partial charge in [0.25, 0.3) is 0 Å². The number of carboxylic acid groups (broad SMARTS) is 1. The molecular formula is C15H15NO4. The summed E-state index contributed by atoms with van der Waals surface area (Å²) in [7, 11) is 0. The van der Waals surface area contributed by atoms with Gasteiger partial charge in [-0.15, -0.1) is 0 Å². The van der Waals surface area contributed by atoms with E-state index in [1.807, 2.05) is 6.07 Å². The van der Waals surface area contributed by atoms with Crippen molar-refractivity contribution in [2.45, 2.75) is 12.0 Å². The number of benzene rings is 2. The molecule has 0 aromatic heterocycles. The Labute approximate surface area is 115 Å². The molecule has 5 nitrogen and oxygen atoms in total. The number of carboxylic acids is 1. The van der Waals surface area contributed by atoms with Gasteiger partial charge in [-0.3, -0.25) is 4.79 Å². The molecule has 0 aliphatic carbocycles. The molecule has 0 saturated carbocycles. The summed E-state index contributed by atoms with van der Waals surface area (Å²) >= 11 is 0. The van der Waals surface area contributed by atoms with Crippen molar-refractivity contribution in [3.63, 3.8) is 0 Å². The predicted molar refractivity (Wildman–Crippen MR) is 73.7 cm³/mol. The molecule has 0 radical (unpaired) electrons. The van der Waals surface area contributed by atoms with Crippen LogP contribution in [0, 0.1) is 0 Å². The Kier molecular flexibility index (Phi) is 3.91. The van der Waals surface area contributed by atoms with Crippen LogP contribution in [0.1, 0.15) is 17.0 Å². The van der Waals surface area contributed by atoms with Crippen molar-refractivity contribution in [1.82, 2.24) is 0 Å². The maximum absolute atomic E-state index is 11.2. The minimum atomic E-state index is -1.15. The van der Waals surface area contributed by atoms with Gasteiger partial charge in [-0.2, -0.15) is 0 Å². The van der Waals surface area contributed by atoms with Gasteiger partial charge in [-0.25, -0.2) is 0 Å². The third-order valence-electron chi connectivity index (χ3n) is 3.16. The molecule has 5 heteroatoms. The van der Waals surface area contributed by atoms with E-state index in [4.69, 9.17) is 10.8 Å². The van der Waals surface area contributed by atoms with Crippen LogP contribution in [0.5, 0.6) is 11.5 Å². The van der Waals surface area contributed by atoms with Gasteiger partial charge < -0.3 is 21.1 Å². The number of nitrogens with two attached hydrogens (primary N) is 1. The summed E-state index contributed by atoms with van der Waals surface area (Å²) < 4.78 is 0. The average molecular weight is 273 g/mol. The van der Waals surface area contributed by atoms with E-state index in [0.29, 0.717) is 5.56 Å². The van der Waals surface area contributed by atoms with Gasteiger partial charge in [0, 0.05) is 5.92 Å². The van der Waals surface area contributed by atoms with Crippen LogP contribution in [0.4, 0.5) is 0 Å². The Balaban J connectivity index is 2.51. The smallest absolute Gasteiger partial charge is 0.321 e. The van der Waals surface area contributed by atoms with Crippen LogP contribution in [0.2, 0.25) is 0 Å². The number of carbonyl (C=O) groups is 1. The maximum atomic E-state index is 11.2. The van der Waals surface area contributed by atoms with Gasteiger partial charge in [0.1, 0.15) is 6.04 Å². The quantitative estimate of drug-likeness (QED) is 0.634. The molecule has 2 atom stereocenters. The van der Waals surface area contributed by atoms with E-state index in [-0.39, 0.29) is 11.5 Å². The van der Waals surface area contributed by atoms with Crippen molar-refractivity contribution in [1.29, 1.82) is 0 Å². The lowest BCUT2D eigenvalue weighted by Gasteiger charge is -2.22. The van der Waals surface area contributed by atoms with Gasteiger partial charge in [0.05, 0.1) is 0 Å². The number of aromatic hydroxyl groups is 2. The number of rotatable bonds is 4. The Morgan fingerprint density at radius 1 is 0.950 bits per heavy atom. The normalized spacial score (nSPS) is 13.7. The molecule has 0 aliphatic heterocycles. The summed E-state index contributed by atoms with van der Waals surface area (Å²) in [6.45, 7) is 0. The lowest BCUT2D eigenvalue weighted by Crippen LogP contribution is -2.37. The fourth-order valence-corrected chi connectivity index (χ4v) is 2.14.